The second-order valence-corrected chi connectivity index (χ2v) is 13.1. The summed E-state index contributed by atoms with van der Waals surface area (Å²) in [7, 11) is 0. The van der Waals surface area contributed by atoms with E-state index in [1.165, 1.54) is 38.9 Å². The fraction of sp³-hybridized carbons (Fsp3) is 0.0426. The van der Waals surface area contributed by atoms with E-state index < -0.39 is 5.41 Å². The third kappa shape index (κ3) is 4.33. The van der Waals surface area contributed by atoms with Gasteiger partial charge < -0.3 is 10.1 Å². The van der Waals surface area contributed by atoms with Crippen LogP contribution in [0.25, 0.3) is 28.0 Å². The van der Waals surface area contributed by atoms with Gasteiger partial charge in [-0.2, -0.15) is 0 Å². The normalized spacial score (nSPS) is 16.1. The average molecular weight is 641 g/mol. The van der Waals surface area contributed by atoms with Gasteiger partial charge >= 0.3 is 0 Å². The molecular formula is C47H32N2O. The van der Waals surface area contributed by atoms with E-state index in [1.807, 2.05) is 6.07 Å². The molecule has 1 aliphatic carbocycles. The number of rotatable bonds is 4. The van der Waals surface area contributed by atoms with Gasteiger partial charge in [0.1, 0.15) is 17.7 Å². The van der Waals surface area contributed by atoms with Crippen molar-refractivity contribution in [1.82, 2.24) is 5.32 Å². The van der Waals surface area contributed by atoms with E-state index in [0.29, 0.717) is 0 Å². The molecule has 7 aromatic carbocycles. The average Bonchev–Trinajstić information content (AvgIpc) is 3.48. The minimum Gasteiger partial charge on any atom is -0.457 e. The number of nitrogens with one attached hydrogen (secondary N) is 1. The van der Waals surface area contributed by atoms with Gasteiger partial charge in [0.05, 0.1) is 11.1 Å². The van der Waals surface area contributed by atoms with Gasteiger partial charge in [-0.25, -0.2) is 0 Å². The van der Waals surface area contributed by atoms with Crippen LogP contribution in [0.4, 0.5) is 0 Å². The molecule has 0 saturated heterocycles. The Bertz CT molecular complexity index is 2450. The Hall–Kier alpha value is -6.45. The summed E-state index contributed by atoms with van der Waals surface area (Å²) in [5, 5.41) is 3.74. The van der Waals surface area contributed by atoms with Crippen molar-refractivity contribution in [2.24, 2.45) is 4.99 Å². The molecule has 7 aromatic rings. The van der Waals surface area contributed by atoms with Gasteiger partial charge in [0, 0.05) is 16.8 Å². The van der Waals surface area contributed by atoms with Crippen LogP contribution in [0.2, 0.25) is 0 Å². The smallest absolute Gasteiger partial charge is 0.145 e. The van der Waals surface area contributed by atoms with Crippen LogP contribution in [0.3, 0.4) is 0 Å². The Labute approximate surface area is 291 Å². The number of allylic oxidation sites excluding steroid dienone is 1. The molecule has 50 heavy (non-hydrogen) atoms. The number of para-hydroxylation sites is 2. The van der Waals surface area contributed by atoms with E-state index in [4.69, 9.17) is 9.73 Å². The summed E-state index contributed by atoms with van der Waals surface area (Å²) in [6, 6.07) is 62.7. The molecule has 1 spiro atoms. The third-order valence-corrected chi connectivity index (χ3v) is 10.4. The zero-order valence-electron chi connectivity index (χ0n) is 27.3. The molecule has 3 aliphatic rings. The Balaban J connectivity index is 1.10. The van der Waals surface area contributed by atoms with E-state index in [1.54, 1.807) is 0 Å². The quantitative estimate of drug-likeness (QED) is 0.208. The number of fused-ring (bicyclic) bond motifs is 9. The van der Waals surface area contributed by atoms with Crippen molar-refractivity contribution in [3.05, 3.63) is 221 Å². The van der Waals surface area contributed by atoms with Crippen molar-refractivity contribution in [3.63, 3.8) is 0 Å². The van der Waals surface area contributed by atoms with Crippen molar-refractivity contribution >= 4 is 11.4 Å². The highest BCUT2D eigenvalue weighted by Gasteiger charge is 2.50. The van der Waals surface area contributed by atoms with Crippen LogP contribution in [0.5, 0.6) is 11.5 Å². The fourth-order valence-electron chi connectivity index (χ4n) is 8.17. The maximum Gasteiger partial charge on any atom is 0.145 e. The van der Waals surface area contributed by atoms with Crippen molar-refractivity contribution in [1.29, 1.82) is 0 Å². The Morgan fingerprint density at radius 2 is 1.04 bits per heavy atom. The maximum atomic E-state index is 6.51. The lowest BCUT2D eigenvalue weighted by Gasteiger charge is -2.39. The summed E-state index contributed by atoms with van der Waals surface area (Å²) in [6.45, 7) is 0. The monoisotopic (exact) mass is 640 g/mol. The van der Waals surface area contributed by atoms with Crippen molar-refractivity contribution in [2.45, 2.75) is 11.6 Å². The van der Waals surface area contributed by atoms with Gasteiger partial charge in [0.25, 0.3) is 0 Å². The molecule has 0 aromatic heterocycles. The highest BCUT2D eigenvalue weighted by Crippen LogP contribution is 2.62. The molecule has 0 bridgehead atoms. The number of ether oxygens (including phenoxy) is 1. The summed E-state index contributed by atoms with van der Waals surface area (Å²) in [5.74, 6) is 1.81. The molecule has 1 N–H and O–H groups in total. The standard InChI is InChI=1S/C47H32N2O/c1-3-14-31(15-4-1)42-30-43(32-16-5-2-6-17-32)49-46(48-42)35-19-13-18-33(28-35)34-26-27-39-37(29-34)36-20-7-8-21-38(36)47(39)40-22-9-11-24-44(40)50-45-25-12-10-23-41(45)47/h1-30,46,48H. The van der Waals surface area contributed by atoms with E-state index in [0.717, 1.165) is 45.2 Å². The van der Waals surface area contributed by atoms with Crippen molar-refractivity contribution in [2.75, 3.05) is 0 Å². The van der Waals surface area contributed by atoms with Crippen LogP contribution in [-0.4, -0.2) is 5.71 Å². The first-order valence-electron chi connectivity index (χ1n) is 17.2. The summed E-state index contributed by atoms with van der Waals surface area (Å²) < 4.78 is 6.51. The molecule has 0 fully saturated rings. The van der Waals surface area contributed by atoms with Gasteiger partial charge in [-0.05, 0) is 80.4 Å². The Morgan fingerprint density at radius 3 is 1.78 bits per heavy atom. The first-order chi connectivity index (χ1) is 24.8. The summed E-state index contributed by atoms with van der Waals surface area (Å²) in [6.07, 6.45) is 1.92. The number of nitrogens with zero attached hydrogens (tertiary/aromatic N) is 1. The molecule has 2 aliphatic heterocycles. The maximum absolute atomic E-state index is 6.51. The number of aliphatic imine (C=N–C) groups is 1. The lowest BCUT2D eigenvalue weighted by molar-refractivity contribution is 0.436. The summed E-state index contributed by atoms with van der Waals surface area (Å²) in [5.41, 5.74) is 14.7. The molecule has 2 heterocycles. The van der Waals surface area contributed by atoms with E-state index >= 15 is 0 Å². The third-order valence-electron chi connectivity index (χ3n) is 10.4. The molecule has 0 amide bonds. The predicted octanol–water partition coefficient (Wildman–Crippen LogP) is 11.0. The largest absolute Gasteiger partial charge is 0.457 e. The molecular weight excluding hydrogens is 609 g/mol. The summed E-state index contributed by atoms with van der Waals surface area (Å²) in [4.78, 5) is 5.24. The van der Waals surface area contributed by atoms with Crippen LogP contribution in [0.15, 0.2) is 187 Å². The molecule has 1 unspecified atom stereocenters. The van der Waals surface area contributed by atoms with E-state index in [2.05, 4.69) is 181 Å². The molecule has 0 saturated carbocycles. The lowest BCUT2D eigenvalue weighted by atomic mass is 9.66. The molecule has 0 radical (unpaired) electrons. The van der Waals surface area contributed by atoms with Crippen molar-refractivity contribution in [3.8, 4) is 33.8 Å². The van der Waals surface area contributed by atoms with Crippen LogP contribution in [0.1, 0.15) is 45.1 Å². The number of hydrogen-bond acceptors (Lipinski definition) is 3. The zero-order chi connectivity index (χ0) is 33.1. The van der Waals surface area contributed by atoms with E-state index in [9.17, 15) is 0 Å². The number of benzene rings is 7. The first-order valence-corrected chi connectivity index (χ1v) is 17.2. The second-order valence-electron chi connectivity index (χ2n) is 13.1. The number of hydrogen-bond donors (Lipinski definition) is 1. The van der Waals surface area contributed by atoms with Gasteiger partial charge in [0.15, 0.2) is 0 Å². The molecule has 10 rings (SSSR count). The van der Waals surface area contributed by atoms with E-state index in [-0.39, 0.29) is 6.17 Å². The molecule has 3 nitrogen and oxygen atoms in total. The first kappa shape index (κ1) is 28.6. The predicted molar refractivity (Wildman–Crippen MR) is 203 cm³/mol. The SMILES string of the molecule is C1=C(c2ccccc2)NC(c2cccc(-c3ccc4c(c3)-c3ccccc3C43c4ccccc4Oc4ccccc43)c2)N=C1c1ccccc1. The summed E-state index contributed by atoms with van der Waals surface area (Å²) >= 11 is 0. The van der Waals surface area contributed by atoms with Gasteiger partial charge in [-0.15, -0.1) is 0 Å². The zero-order valence-corrected chi connectivity index (χ0v) is 27.3. The molecule has 1 atom stereocenters. The van der Waals surface area contributed by atoms with Crippen LogP contribution < -0.4 is 10.1 Å². The fourth-order valence-corrected chi connectivity index (χ4v) is 8.17. The van der Waals surface area contributed by atoms with Crippen LogP contribution >= 0.6 is 0 Å². The van der Waals surface area contributed by atoms with Crippen LogP contribution in [-0.2, 0) is 5.41 Å². The van der Waals surface area contributed by atoms with Gasteiger partial charge in [-0.3, -0.25) is 4.99 Å². The molecule has 3 heteroatoms. The minimum atomic E-state index is -0.466. The highest BCUT2D eigenvalue weighted by molar-refractivity contribution is 6.13. The second kappa shape index (κ2) is 11.3. The minimum absolute atomic E-state index is 0.237. The van der Waals surface area contributed by atoms with Crippen molar-refractivity contribution < 1.29 is 4.74 Å². The Morgan fingerprint density at radius 1 is 0.460 bits per heavy atom. The van der Waals surface area contributed by atoms with Gasteiger partial charge in [-0.1, -0.05) is 152 Å². The topological polar surface area (TPSA) is 33.6 Å². The van der Waals surface area contributed by atoms with Crippen LogP contribution in [0, 0.1) is 0 Å². The molecule has 236 valence electrons. The lowest BCUT2D eigenvalue weighted by Crippen LogP contribution is -2.32. The Kier molecular flexibility index (Phi) is 6.47. The van der Waals surface area contributed by atoms with Gasteiger partial charge in [0.2, 0.25) is 0 Å². The highest BCUT2D eigenvalue weighted by atomic mass is 16.5.